The van der Waals surface area contributed by atoms with E-state index in [0.29, 0.717) is 5.92 Å². The molecular formula is C13H20FNO. The second kappa shape index (κ2) is 6.48. The Balaban J connectivity index is 2.59. The highest BCUT2D eigenvalue weighted by molar-refractivity contribution is 5.43. The molecule has 0 radical (unpaired) electrons. The van der Waals surface area contributed by atoms with Crippen molar-refractivity contribution in [3.05, 3.63) is 30.1 Å². The maximum Gasteiger partial charge on any atom is 0.123 e. The first-order valence-corrected chi connectivity index (χ1v) is 5.80. The average molecular weight is 225 g/mol. The quantitative estimate of drug-likeness (QED) is 0.780. The molecule has 16 heavy (non-hydrogen) atoms. The van der Waals surface area contributed by atoms with Crippen molar-refractivity contribution in [2.24, 2.45) is 5.92 Å². The summed E-state index contributed by atoms with van der Waals surface area (Å²) in [4.78, 5) is 0. The molecule has 2 nitrogen and oxygen atoms in total. The van der Waals surface area contributed by atoms with E-state index < -0.39 is 0 Å². The molecule has 0 amide bonds. The predicted molar refractivity (Wildman–Crippen MR) is 65.0 cm³/mol. The fourth-order valence-electron chi connectivity index (χ4n) is 1.78. The molecule has 0 fully saturated rings. The molecule has 90 valence electrons. The molecule has 0 spiro atoms. The highest BCUT2D eigenvalue weighted by atomic mass is 19.1. The van der Waals surface area contributed by atoms with Crippen molar-refractivity contribution in [2.75, 3.05) is 11.9 Å². The summed E-state index contributed by atoms with van der Waals surface area (Å²) < 4.78 is 12.7. The molecular weight excluding hydrogens is 205 g/mol. The molecule has 0 saturated carbocycles. The largest absolute Gasteiger partial charge is 0.394 e. The van der Waals surface area contributed by atoms with Gasteiger partial charge in [-0.15, -0.1) is 0 Å². The van der Waals surface area contributed by atoms with Crippen LogP contribution in [0, 0.1) is 11.7 Å². The third kappa shape index (κ3) is 3.81. The van der Waals surface area contributed by atoms with Crippen molar-refractivity contribution in [1.82, 2.24) is 0 Å². The summed E-state index contributed by atoms with van der Waals surface area (Å²) in [5.41, 5.74) is 0.850. The van der Waals surface area contributed by atoms with Gasteiger partial charge in [0.1, 0.15) is 5.82 Å². The van der Waals surface area contributed by atoms with E-state index in [1.54, 1.807) is 12.1 Å². The van der Waals surface area contributed by atoms with Gasteiger partial charge in [0.05, 0.1) is 12.6 Å². The van der Waals surface area contributed by atoms with Crippen LogP contribution in [0.2, 0.25) is 0 Å². The maximum atomic E-state index is 12.7. The number of hydrogen-bond donors (Lipinski definition) is 2. The van der Waals surface area contributed by atoms with Gasteiger partial charge in [-0.25, -0.2) is 4.39 Å². The van der Waals surface area contributed by atoms with E-state index in [1.807, 2.05) is 0 Å². The van der Waals surface area contributed by atoms with E-state index in [4.69, 9.17) is 0 Å². The fourth-order valence-corrected chi connectivity index (χ4v) is 1.78. The first-order valence-electron chi connectivity index (χ1n) is 5.80. The van der Waals surface area contributed by atoms with Crippen molar-refractivity contribution < 1.29 is 9.50 Å². The summed E-state index contributed by atoms with van der Waals surface area (Å²) in [5.74, 6) is 0.160. The van der Waals surface area contributed by atoms with Gasteiger partial charge >= 0.3 is 0 Å². The Bertz CT molecular complexity index is 299. The zero-order chi connectivity index (χ0) is 12.0. The molecule has 2 N–H and O–H groups in total. The van der Waals surface area contributed by atoms with Gasteiger partial charge in [0, 0.05) is 5.69 Å². The van der Waals surface area contributed by atoms with Gasteiger partial charge in [0.25, 0.3) is 0 Å². The maximum absolute atomic E-state index is 12.7. The van der Waals surface area contributed by atoms with E-state index >= 15 is 0 Å². The van der Waals surface area contributed by atoms with Crippen molar-refractivity contribution >= 4 is 5.69 Å². The van der Waals surface area contributed by atoms with E-state index in [0.717, 1.165) is 18.5 Å². The summed E-state index contributed by atoms with van der Waals surface area (Å²) in [6.45, 7) is 4.34. The van der Waals surface area contributed by atoms with E-state index in [2.05, 4.69) is 19.2 Å². The van der Waals surface area contributed by atoms with Crippen molar-refractivity contribution in [1.29, 1.82) is 0 Å². The normalized spacial score (nSPS) is 14.5. The van der Waals surface area contributed by atoms with Gasteiger partial charge in [-0.2, -0.15) is 0 Å². The first-order chi connectivity index (χ1) is 7.67. The van der Waals surface area contributed by atoms with Crippen LogP contribution in [0.1, 0.15) is 26.7 Å². The van der Waals surface area contributed by atoms with Crippen LogP contribution >= 0.6 is 0 Å². The van der Waals surface area contributed by atoms with Crippen LogP contribution in [0.25, 0.3) is 0 Å². The minimum absolute atomic E-state index is 0.0328. The van der Waals surface area contributed by atoms with Crippen LogP contribution < -0.4 is 5.32 Å². The van der Waals surface area contributed by atoms with Crippen LogP contribution in [0.4, 0.5) is 10.1 Å². The Morgan fingerprint density at radius 1 is 1.31 bits per heavy atom. The standard InChI is InChI=1S/C13H20FNO/c1-3-4-10(2)13(9-16)15-12-7-5-11(14)6-8-12/h5-8,10,13,15-16H,3-4,9H2,1-2H3. The Morgan fingerprint density at radius 2 is 1.94 bits per heavy atom. The molecule has 0 heterocycles. The molecule has 0 bridgehead atoms. The highest BCUT2D eigenvalue weighted by Crippen LogP contribution is 2.16. The average Bonchev–Trinajstić information content (AvgIpc) is 2.28. The van der Waals surface area contributed by atoms with Crippen LogP contribution in [-0.4, -0.2) is 17.8 Å². The van der Waals surface area contributed by atoms with Crippen LogP contribution in [-0.2, 0) is 0 Å². The van der Waals surface area contributed by atoms with Crippen molar-refractivity contribution in [3.63, 3.8) is 0 Å². The predicted octanol–water partition coefficient (Wildman–Crippen LogP) is 3.03. The monoisotopic (exact) mass is 225 g/mol. The molecule has 0 saturated heterocycles. The number of hydrogen-bond acceptors (Lipinski definition) is 2. The minimum Gasteiger partial charge on any atom is -0.394 e. The molecule has 2 atom stereocenters. The SMILES string of the molecule is CCCC(C)C(CO)Nc1ccc(F)cc1. The van der Waals surface area contributed by atoms with Gasteiger partial charge in [-0.3, -0.25) is 0 Å². The molecule has 0 aliphatic heterocycles. The number of aliphatic hydroxyl groups is 1. The molecule has 1 aromatic rings. The topological polar surface area (TPSA) is 32.3 Å². The van der Waals surface area contributed by atoms with E-state index in [1.165, 1.54) is 12.1 Å². The smallest absolute Gasteiger partial charge is 0.123 e. The fraction of sp³-hybridized carbons (Fsp3) is 0.538. The summed E-state index contributed by atoms with van der Waals surface area (Å²) in [7, 11) is 0. The van der Waals surface area contributed by atoms with E-state index in [9.17, 15) is 9.50 Å². The Kier molecular flexibility index (Phi) is 5.26. The van der Waals surface area contributed by atoms with Gasteiger partial charge in [0.15, 0.2) is 0 Å². The van der Waals surface area contributed by atoms with Crippen LogP contribution in [0.3, 0.4) is 0 Å². The van der Waals surface area contributed by atoms with Gasteiger partial charge in [-0.1, -0.05) is 20.3 Å². The molecule has 0 aliphatic rings. The van der Waals surface area contributed by atoms with Crippen molar-refractivity contribution in [2.45, 2.75) is 32.7 Å². The summed E-state index contributed by atoms with van der Waals surface area (Å²) in [6.07, 6.45) is 2.17. The lowest BCUT2D eigenvalue weighted by Crippen LogP contribution is -2.31. The zero-order valence-corrected chi connectivity index (χ0v) is 9.91. The lowest BCUT2D eigenvalue weighted by Gasteiger charge is -2.24. The van der Waals surface area contributed by atoms with Crippen molar-refractivity contribution in [3.8, 4) is 0 Å². The third-order valence-electron chi connectivity index (χ3n) is 2.82. The zero-order valence-electron chi connectivity index (χ0n) is 9.91. The molecule has 0 aromatic heterocycles. The summed E-state index contributed by atoms with van der Waals surface area (Å²) in [5, 5.41) is 12.5. The second-order valence-electron chi connectivity index (χ2n) is 4.21. The van der Waals surface area contributed by atoms with Crippen LogP contribution in [0.5, 0.6) is 0 Å². The molecule has 1 rings (SSSR count). The Morgan fingerprint density at radius 3 is 2.44 bits per heavy atom. The molecule has 2 unspecified atom stereocenters. The number of halogens is 1. The number of benzene rings is 1. The number of rotatable bonds is 6. The summed E-state index contributed by atoms with van der Waals surface area (Å²) in [6, 6.07) is 6.25. The van der Waals surface area contributed by atoms with Gasteiger partial charge < -0.3 is 10.4 Å². The van der Waals surface area contributed by atoms with E-state index in [-0.39, 0.29) is 18.5 Å². The number of nitrogens with one attached hydrogen (secondary N) is 1. The second-order valence-corrected chi connectivity index (χ2v) is 4.21. The highest BCUT2D eigenvalue weighted by Gasteiger charge is 2.15. The Labute approximate surface area is 96.5 Å². The number of anilines is 1. The molecule has 1 aromatic carbocycles. The lowest BCUT2D eigenvalue weighted by molar-refractivity contribution is 0.238. The molecule has 0 aliphatic carbocycles. The van der Waals surface area contributed by atoms with Crippen LogP contribution in [0.15, 0.2) is 24.3 Å². The summed E-state index contributed by atoms with van der Waals surface area (Å²) >= 11 is 0. The first kappa shape index (κ1) is 13.0. The molecule has 3 heteroatoms. The Hall–Kier alpha value is -1.09. The van der Waals surface area contributed by atoms with Gasteiger partial charge in [0.2, 0.25) is 0 Å². The van der Waals surface area contributed by atoms with Gasteiger partial charge in [-0.05, 0) is 36.6 Å². The third-order valence-corrected chi connectivity index (χ3v) is 2.82. The lowest BCUT2D eigenvalue weighted by atomic mass is 9.97. The number of aliphatic hydroxyl groups excluding tert-OH is 1. The minimum atomic E-state index is -0.243.